The van der Waals surface area contributed by atoms with Crippen molar-refractivity contribution >= 4 is 27.3 Å². The van der Waals surface area contributed by atoms with Crippen molar-refractivity contribution in [2.24, 2.45) is 0 Å². The van der Waals surface area contributed by atoms with E-state index in [9.17, 15) is 10.2 Å². The number of aliphatic hydroxyl groups excluding tert-OH is 2. The molecule has 1 heterocycles. The molecule has 1 aromatic heterocycles. The summed E-state index contributed by atoms with van der Waals surface area (Å²) in [6.07, 6.45) is 2.45. The fourth-order valence-electron chi connectivity index (χ4n) is 1.63. The molecule has 0 radical (unpaired) electrons. The zero-order valence-electron chi connectivity index (χ0n) is 9.53. The first kappa shape index (κ1) is 14.2. The Kier molecular flexibility index (Phi) is 6.58. The van der Waals surface area contributed by atoms with Gasteiger partial charge in [0.25, 0.3) is 0 Å². The predicted octanol–water partition coefficient (Wildman–Crippen LogP) is 3.27. The molecular weight excluding hydrogens is 288 g/mol. The van der Waals surface area contributed by atoms with E-state index in [-0.39, 0.29) is 0 Å². The van der Waals surface area contributed by atoms with Gasteiger partial charge in [-0.15, -0.1) is 11.3 Å². The molecule has 0 spiro atoms. The van der Waals surface area contributed by atoms with Crippen LogP contribution >= 0.6 is 27.3 Å². The molecule has 2 unspecified atom stereocenters. The molecule has 92 valence electrons. The predicted molar refractivity (Wildman–Crippen MR) is 72.3 cm³/mol. The molecule has 2 atom stereocenters. The van der Waals surface area contributed by atoms with Gasteiger partial charge in [0.05, 0.1) is 6.10 Å². The van der Waals surface area contributed by atoms with Crippen molar-refractivity contribution < 1.29 is 10.2 Å². The summed E-state index contributed by atoms with van der Waals surface area (Å²) in [5, 5.41) is 22.5. The molecule has 0 aromatic carbocycles. The molecule has 4 heteroatoms. The van der Waals surface area contributed by atoms with E-state index in [2.05, 4.69) is 28.9 Å². The van der Waals surface area contributed by atoms with Crippen LogP contribution in [0.3, 0.4) is 0 Å². The third-order valence-electron chi connectivity index (χ3n) is 2.62. The molecule has 16 heavy (non-hydrogen) atoms. The van der Waals surface area contributed by atoms with Gasteiger partial charge in [0.2, 0.25) is 0 Å². The Morgan fingerprint density at radius 2 is 2.19 bits per heavy atom. The zero-order valence-corrected chi connectivity index (χ0v) is 11.9. The second-order valence-electron chi connectivity index (χ2n) is 3.90. The van der Waals surface area contributed by atoms with Crippen LogP contribution in [0, 0.1) is 0 Å². The summed E-state index contributed by atoms with van der Waals surface area (Å²) < 4.78 is 0. The zero-order chi connectivity index (χ0) is 12.0. The minimum Gasteiger partial charge on any atom is -0.390 e. The van der Waals surface area contributed by atoms with Crippen molar-refractivity contribution in [3.8, 4) is 0 Å². The Bertz CT molecular complexity index is 301. The Morgan fingerprint density at radius 3 is 2.81 bits per heavy atom. The highest BCUT2D eigenvalue weighted by atomic mass is 79.9. The number of aryl methyl sites for hydroxylation is 1. The molecule has 0 amide bonds. The van der Waals surface area contributed by atoms with Crippen LogP contribution in [0.1, 0.15) is 42.7 Å². The highest BCUT2D eigenvalue weighted by Gasteiger charge is 2.21. The fraction of sp³-hybridized carbons (Fsp3) is 0.667. The number of unbranched alkanes of at least 4 members (excludes halogenated alkanes) is 1. The minimum absolute atomic E-state index is 0.576. The molecule has 1 aromatic rings. The second-order valence-corrected chi connectivity index (χ2v) is 5.64. The number of hydrogen-bond donors (Lipinski definition) is 2. The van der Waals surface area contributed by atoms with Gasteiger partial charge in [-0.3, -0.25) is 0 Å². The van der Waals surface area contributed by atoms with Crippen molar-refractivity contribution in [2.75, 3.05) is 5.33 Å². The molecule has 0 fully saturated rings. The van der Waals surface area contributed by atoms with Crippen LogP contribution in [-0.4, -0.2) is 21.6 Å². The standard InChI is InChI=1S/C12H19BrO2S/c1-2-3-4-9-6-8-16-12(9)11(15)10(14)5-7-13/h6,8,10-11,14-15H,2-5,7H2,1H3. The van der Waals surface area contributed by atoms with Crippen LogP contribution in [0.4, 0.5) is 0 Å². The van der Waals surface area contributed by atoms with Gasteiger partial charge in [-0.05, 0) is 36.3 Å². The van der Waals surface area contributed by atoms with Crippen LogP contribution < -0.4 is 0 Å². The molecule has 0 aliphatic carbocycles. The molecule has 0 aliphatic heterocycles. The number of halogens is 1. The lowest BCUT2D eigenvalue weighted by atomic mass is 10.0. The monoisotopic (exact) mass is 306 g/mol. The first-order valence-electron chi connectivity index (χ1n) is 5.69. The minimum atomic E-state index is -0.732. The van der Waals surface area contributed by atoms with E-state index in [0.29, 0.717) is 11.8 Å². The van der Waals surface area contributed by atoms with Gasteiger partial charge in [-0.2, -0.15) is 0 Å². The molecular formula is C12H19BrO2S. The SMILES string of the molecule is CCCCc1ccsc1C(O)C(O)CCBr. The quantitative estimate of drug-likeness (QED) is 0.759. The molecule has 0 saturated heterocycles. The fourth-order valence-corrected chi connectivity index (χ4v) is 3.09. The Labute approximate surface area is 109 Å². The maximum atomic E-state index is 10.0. The summed E-state index contributed by atoms with van der Waals surface area (Å²) in [7, 11) is 0. The van der Waals surface area contributed by atoms with Gasteiger partial charge in [0.15, 0.2) is 0 Å². The second kappa shape index (κ2) is 7.43. The van der Waals surface area contributed by atoms with Crippen molar-refractivity contribution in [2.45, 2.75) is 44.8 Å². The summed E-state index contributed by atoms with van der Waals surface area (Å²) in [5.41, 5.74) is 1.19. The van der Waals surface area contributed by atoms with Gasteiger partial charge >= 0.3 is 0 Å². The summed E-state index contributed by atoms with van der Waals surface area (Å²) >= 11 is 4.81. The van der Waals surface area contributed by atoms with Crippen LogP contribution in [0.15, 0.2) is 11.4 Å². The number of hydrogen-bond acceptors (Lipinski definition) is 3. The van der Waals surface area contributed by atoms with Gasteiger partial charge in [0.1, 0.15) is 6.10 Å². The van der Waals surface area contributed by atoms with E-state index < -0.39 is 12.2 Å². The lowest BCUT2D eigenvalue weighted by molar-refractivity contribution is 0.0190. The smallest absolute Gasteiger partial charge is 0.114 e. The Hall–Kier alpha value is 0.100. The van der Waals surface area contributed by atoms with Crippen molar-refractivity contribution in [3.05, 3.63) is 21.9 Å². The maximum absolute atomic E-state index is 10.0. The van der Waals surface area contributed by atoms with E-state index in [1.807, 2.05) is 5.38 Å². The average Bonchev–Trinajstić information content (AvgIpc) is 2.73. The molecule has 1 rings (SSSR count). The molecule has 0 saturated carbocycles. The maximum Gasteiger partial charge on any atom is 0.114 e. The van der Waals surface area contributed by atoms with Crippen LogP contribution in [0.25, 0.3) is 0 Å². The first-order valence-corrected chi connectivity index (χ1v) is 7.69. The summed E-state index contributed by atoms with van der Waals surface area (Å²) in [4.78, 5) is 0.932. The lowest BCUT2D eigenvalue weighted by Gasteiger charge is -2.17. The van der Waals surface area contributed by atoms with Crippen molar-refractivity contribution in [1.29, 1.82) is 0 Å². The molecule has 2 nitrogen and oxygen atoms in total. The number of thiophene rings is 1. The normalized spacial score (nSPS) is 15.0. The van der Waals surface area contributed by atoms with E-state index >= 15 is 0 Å². The summed E-state index contributed by atoms with van der Waals surface area (Å²) in [6, 6.07) is 2.06. The summed E-state index contributed by atoms with van der Waals surface area (Å²) in [6.45, 7) is 2.15. The van der Waals surface area contributed by atoms with Crippen LogP contribution in [-0.2, 0) is 6.42 Å². The number of rotatable bonds is 7. The first-order chi connectivity index (χ1) is 7.70. The average molecular weight is 307 g/mol. The Balaban J connectivity index is 2.66. The molecule has 0 aliphatic rings. The number of alkyl halides is 1. The lowest BCUT2D eigenvalue weighted by Crippen LogP contribution is -2.18. The Morgan fingerprint density at radius 1 is 1.44 bits per heavy atom. The highest BCUT2D eigenvalue weighted by molar-refractivity contribution is 9.09. The van der Waals surface area contributed by atoms with E-state index in [0.717, 1.165) is 24.1 Å². The molecule has 0 bridgehead atoms. The van der Waals surface area contributed by atoms with Gasteiger partial charge in [-0.1, -0.05) is 29.3 Å². The molecule has 2 N–H and O–H groups in total. The van der Waals surface area contributed by atoms with Crippen molar-refractivity contribution in [1.82, 2.24) is 0 Å². The van der Waals surface area contributed by atoms with E-state index in [4.69, 9.17) is 0 Å². The highest BCUT2D eigenvalue weighted by Crippen LogP contribution is 2.29. The van der Waals surface area contributed by atoms with Gasteiger partial charge < -0.3 is 10.2 Å². The van der Waals surface area contributed by atoms with Crippen LogP contribution in [0.2, 0.25) is 0 Å². The van der Waals surface area contributed by atoms with E-state index in [1.54, 1.807) is 0 Å². The van der Waals surface area contributed by atoms with Gasteiger partial charge in [-0.25, -0.2) is 0 Å². The number of aliphatic hydroxyl groups is 2. The third kappa shape index (κ3) is 3.84. The third-order valence-corrected chi connectivity index (χ3v) is 4.11. The topological polar surface area (TPSA) is 40.5 Å². The van der Waals surface area contributed by atoms with Gasteiger partial charge in [0, 0.05) is 10.2 Å². The van der Waals surface area contributed by atoms with E-state index in [1.165, 1.54) is 16.9 Å². The van der Waals surface area contributed by atoms with Crippen molar-refractivity contribution in [3.63, 3.8) is 0 Å². The largest absolute Gasteiger partial charge is 0.390 e. The summed E-state index contributed by atoms with van der Waals surface area (Å²) in [5.74, 6) is 0. The van der Waals surface area contributed by atoms with Crippen LogP contribution in [0.5, 0.6) is 0 Å².